The van der Waals surface area contributed by atoms with Gasteiger partial charge in [0.2, 0.25) is 5.90 Å². The van der Waals surface area contributed by atoms with E-state index in [1.165, 1.54) is 12.1 Å². The zero-order valence-corrected chi connectivity index (χ0v) is 12.4. The Morgan fingerprint density at radius 2 is 1.92 bits per heavy atom. The average molecular weight is 360 g/mol. The Hall–Kier alpha value is -3.08. The number of aliphatic hydroxyl groups is 1. The summed E-state index contributed by atoms with van der Waals surface area (Å²) in [7, 11) is 0. The zero-order chi connectivity index (χ0) is 18.3. The number of benzene rings is 1. The molecular formula is C14H11F3N2O6. The number of carbonyl (C=O) groups is 1. The number of hydrogen-bond acceptors (Lipinski definition) is 8. The molecule has 1 aromatic carbocycles. The van der Waals surface area contributed by atoms with Crippen LogP contribution in [0.25, 0.3) is 0 Å². The molecule has 0 fully saturated rings. The average Bonchev–Trinajstić information content (AvgIpc) is 3.08. The summed E-state index contributed by atoms with van der Waals surface area (Å²) in [5.41, 5.74) is -0.0538. The molecule has 2 aromatic rings. The Bertz CT molecular complexity index is 713. The molecule has 1 N–H and O–H groups in total. The standard InChI is InChI=1S/C14H11F3N2O6/c15-14(16,17)25-10-3-1-9(2-4-10)24-12(5-20)19-8-23-13(21)11-6-22-7-18-11/h1-4,6-7,20H,5,8H2. The van der Waals surface area contributed by atoms with E-state index in [-0.39, 0.29) is 17.3 Å². The molecule has 1 heterocycles. The first-order valence-electron chi connectivity index (χ1n) is 6.60. The van der Waals surface area contributed by atoms with E-state index in [1.807, 2.05) is 0 Å². The van der Waals surface area contributed by atoms with E-state index >= 15 is 0 Å². The molecule has 0 unspecified atom stereocenters. The first kappa shape index (κ1) is 18.3. The van der Waals surface area contributed by atoms with Crippen molar-refractivity contribution in [2.75, 3.05) is 13.3 Å². The van der Waals surface area contributed by atoms with E-state index in [0.29, 0.717) is 0 Å². The van der Waals surface area contributed by atoms with E-state index in [2.05, 4.69) is 19.1 Å². The van der Waals surface area contributed by atoms with Crippen molar-refractivity contribution in [2.24, 2.45) is 4.99 Å². The fourth-order valence-corrected chi connectivity index (χ4v) is 1.51. The van der Waals surface area contributed by atoms with Crippen LogP contribution in [0.5, 0.6) is 11.5 Å². The lowest BCUT2D eigenvalue weighted by Gasteiger charge is -2.10. The zero-order valence-electron chi connectivity index (χ0n) is 12.4. The number of carbonyl (C=O) groups excluding carboxylic acids is 1. The minimum Gasteiger partial charge on any atom is -0.451 e. The predicted molar refractivity (Wildman–Crippen MR) is 75.1 cm³/mol. The Morgan fingerprint density at radius 3 is 2.48 bits per heavy atom. The second-order valence-electron chi connectivity index (χ2n) is 4.27. The highest BCUT2D eigenvalue weighted by Crippen LogP contribution is 2.24. The second kappa shape index (κ2) is 8.15. The topological polar surface area (TPSA) is 103 Å². The Kier molecular flexibility index (Phi) is 5.95. The molecule has 0 bridgehead atoms. The van der Waals surface area contributed by atoms with Crippen LogP contribution in [0.2, 0.25) is 0 Å². The summed E-state index contributed by atoms with van der Waals surface area (Å²) in [5.74, 6) is -1.32. The van der Waals surface area contributed by atoms with Crippen LogP contribution in [0.4, 0.5) is 13.2 Å². The van der Waals surface area contributed by atoms with Crippen molar-refractivity contribution in [3.63, 3.8) is 0 Å². The molecule has 134 valence electrons. The van der Waals surface area contributed by atoms with Crippen molar-refractivity contribution in [3.05, 3.63) is 42.6 Å². The number of hydrogen-bond donors (Lipinski definition) is 1. The van der Waals surface area contributed by atoms with Gasteiger partial charge in [0.25, 0.3) is 0 Å². The molecule has 2 rings (SSSR count). The van der Waals surface area contributed by atoms with Crippen LogP contribution in [0, 0.1) is 0 Å². The number of ether oxygens (including phenoxy) is 3. The number of rotatable bonds is 6. The largest absolute Gasteiger partial charge is 0.573 e. The number of nitrogens with zero attached hydrogens (tertiary/aromatic N) is 2. The van der Waals surface area contributed by atoms with Crippen LogP contribution in [-0.4, -0.2) is 41.7 Å². The maximum atomic E-state index is 12.1. The maximum absolute atomic E-state index is 12.1. The number of aliphatic imine (C=N–C) groups is 1. The predicted octanol–water partition coefficient (Wildman–Crippen LogP) is 2.16. The molecule has 0 amide bonds. The van der Waals surface area contributed by atoms with Gasteiger partial charge in [-0.1, -0.05) is 0 Å². The lowest BCUT2D eigenvalue weighted by Crippen LogP contribution is -2.17. The number of oxazole rings is 1. The van der Waals surface area contributed by atoms with Crippen LogP contribution >= 0.6 is 0 Å². The summed E-state index contributed by atoms with van der Waals surface area (Å²) in [6.45, 7) is -1.08. The van der Waals surface area contributed by atoms with Gasteiger partial charge in [0.1, 0.15) is 24.4 Å². The first-order chi connectivity index (χ1) is 11.9. The van der Waals surface area contributed by atoms with Crippen LogP contribution in [0.15, 0.2) is 46.3 Å². The minimum absolute atomic E-state index is 0.0538. The molecule has 0 aliphatic carbocycles. The van der Waals surface area contributed by atoms with Gasteiger partial charge in [-0.3, -0.25) is 0 Å². The van der Waals surface area contributed by atoms with Gasteiger partial charge in [0, 0.05) is 0 Å². The number of halogens is 3. The molecule has 0 aliphatic rings. The summed E-state index contributed by atoms with van der Waals surface area (Å²) >= 11 is 0. The molecule has 11 heteroatoms. The highest BCUT2D eigenvalue weighted by Gasteiger charge is 2.31. The van der Waals surface area contributed by atoms with Crippen LogP contribution in [0.1, 0.15) is 10.5 Å². The molecule has 0 saturated heterocycles. The fraction of sp³-hybridized carbons (Fsp3) is 0.214. The molecule has 0 spiro atoms. The number of esters is 1. The number of aromatic nitrogens is 1. The third-order valence-electron chi connectivity index (χ3n) is 2.51. The molecule has 8 nitrogen and oxygen atoms in total. The van der Waals surface area contributed by atoms with Crippen molar-refractivity contribution in [1.29, 1.82) is 0 Å². The van der Waals surface area contributed by atoms with E-state index in [1.54, 1.807) is 0 Å². The van der Waals surface area contributed by atoms with Gasteiger partial charge in [-0.05, 0) is 24.3 Å². The fourth-order valence-electron chi connectivity index (χ4n) is 1.51. The number of aliphatic hydroxyl groups excluding tert-OH is 1. The quantitative estimate of drug-likeness (QED) is 0.478. The normalized spacial score (nSPS) is 11.9. The van der Waals surface area contributed by atoms with Gasteiger partial charge in [0.15, 0.2) is 18.8 Å². The lowest BCUT2D eigenvalue weighted by molar-refractivity contribution is -0.274. The summed E-state index contributed by atoms with van der Waals surface area (Å²) < 4.78 is 54.4. The SMILES string of the molecule is O=C(OCN=C(CO)Oc1ccc(OC(F)(F)F)cc1)c1cocn1. The van der Waals surface area contributed by atoms with Crippen molar-refractivity contribution < 1.29 is 41.7 Å². The van der Waals surface area contributed by atoms with Gasteiger partial charge in [-0.25, -0.2) is 14.8 Å². The molecule has 0 radical (unpaired) electrons. The van der Waals surface area contributed by atoms with Crippen LogP contribution in [-0.2, 0) is 4.74 Å². The third-order valence-corrected chi connectivity index (χ3v) is 2.51. The third kappa shape index (κ3) is 6.14. The molecule has 1 aromatic heterocycles. The molecule has 0 atom stereocenters. The van der Waals surface area contributed by atoms with E-state index in [4.69, 9.17) is 14.6 Å². The summed E-state index contributed by atoms with van der Waals surface area (Å²) in [6.07, 6.45) is -2.66. The minimum atomic E-state index is -4.80. The van der Waals surface area contributed by atoms with Crippen molar-refractivity contribution >= 4 is 11.9 Å². The van der Waals surface area contributed by atoms with Gasteiger partial charge in [0.05, 0.1) is 0 Å². The lowest BCUT2D eigenvalue weighted by atomic mass is 10.3. The first-order valence-corrected chi connectivity index (χ1v) is 6.60. The highest BCUT2D eigenvalue weighted by atomic mass is 19.4. The number of alkyl halides is 3. The van der Waals surface area contributed by atoms with Gasteiger partial charge in [-0.2, -0.15) is 0 Å². The Morgan fingerprint density at radius 1 is 1.24 bits per heavy atom. The van der Waals surface area contributed by atoms with E-state index < -0.39 is 31.4 Å². The van der Waals surface area contributed by atoms with Crippen molar-refractivity contribution in [1.82, 2.24) is 4.98 Å². The summed E-state index contributed by atoms with van der Waals surface area (Å²) in [6, 6.07) is 4.44. The molecular weight excluding hydrogens is 349 g/mol. The Balaban J connectivity index is 1.89. The molecule has 0 saturated carbocycles. The van der Waals surface area contributed by atoms with E-state index in [9.17, 15) is 18.0 Å². The Labute approximate surface area is 138 Å². The van der Waals surface area contributed by atoms with Gasteiger partial charge < -0.3 is 23.7 Å². The second-order valence-corrected chi connectivity index (χ2v) is 4.27. The van der Waals surface area contributed by atoms with Crippen LogP contribution in [0.3, 0.4) is 0 Å². The van der Waals surface area contributed by atoms with E-state index in [0.717, 1.165) is 24.8 Å². The van der Waals surface area contributed by atoms with Crippen LogP contribution < -0.4 is 9.47 Å². The highest BCUT2D eigenvalue weighted by molar-refractivity contribution is 5.86. The monoisotopic (exact) mass is 360 g/mol. The summed E-state index contributed by atoms with van der Waals surface area (Å²) in [4.78, 5) is 18.7. The molecule has 25 heavy (non-hydrogen) atoms. The van der Waals surface area contributed by atoms with Gasteiger partial charge >= 0.3 is 12.3 Å². The van der Waals surface area contributed by atoms with Gasteiger partial charge in [-0.15, -0.1) is 13.2 Å². The maximum Gasteiger partial charge on any atom is 0.573 e. The van der Waals surface area contributed by atoms with Crippen molar-refractivity contribution in [2.45, 2.75) is 6.36 Å². The van der Waals surface area contributed by atoms with Crippen molar-refractivity contribution in [3.8, 4) is 11.5 Å². The molecule has 0 aliphatic heterocycles. The summed E-state index contributed by atoms with van der Waals surface area (Å²) in [5, 5.41) is 9.15. The smallest absolute Gasteiger partial charge is 0.451 e.